The molecule has 6 heteroatoms. The lowest BCUT2D eigenvalue weighted by Crippen LogP contribution is -1.93. The topological polar surface area (TPSA) is 64.7 Å². The van der Waals surface area contributed by atoms with Crippen LogP contribution in [0.15, 0.2) is 51.5 Å². The van der Waals surface area contributed by atoms with Crippen molar-refractivity contribution in [2.75, 3.05) is 14.2 Å². The molecule has 0 spiro atoms. The van der Waals surface area contributed by atoms with Crippen LogP contribution in [-0.2, 0) is 6.61 Å². The third kappa shape index (κ3) is 2.90. The zero-order chi connectivity index (χ0) is 17.1. The highest BCUT2D eigenvalue weighted by Gasteiger charge is 2.20. The fourth-order valence-corrected chi connectivity index (χ4v) is 2.99. The maximum Gasteiger partial charge on any atom is 0.174 e. The number of aliphatic hydroxyl groups is 1. The largest absolute Gasteiger partial charge is 0.493 e. The van der Waals surface area contributed by atoms with Gasteiger partial charge in [-0.3, -0.25) is 0 Å². The van der Waals surface area contributed by atoms with Gasteiger partial charge in [0, 0.05) is 15.6 Å². The van der Waals surface area contributed by atoms with Gasteiger partial charge in [0.2, 0.25) is 0 Å². The van der Waals surface area contributed by atoms with Gasteiger partial charge in [-0.25, -0.2) is 0 Å². The zero-order valence-electron chi connectivity index (χ0n) is 13.2. The first-order valence-corrected chi connectivity index (χ1v) is 8.05. The van der Waals surface area contributed by atoms with Crippen LogP contribution in [0, 0.1) is 0 Å². The number of methoxy groups -OCH3 is 2. The van der Waals surface area contributed by atoms with Crippen molar-refractivity contribution in [3.63, 3.8) is 0 Å². The Kier molecular flexibility index (Phi) is 4.87. The lowest BCUT2D eigenvalue weighted by molar-refractivity contribution is 0.281. The molecule has 1 heterocycles. The number of ether oxygens (including phenoxy) is 2. The second-order valence-electron chi connectivity index (χ2n) is 5.05. The second-order valence-corrected chi connectivity index (χ2v) is 5.90. The van der Waals surface area contributed by atoms with E-state index in [-0.39, 0.29) is 6.61 Å². The van der Waals surface area contributed by atoms with Crippen molar-refractivity contribution in [3.8, 4) is 34.1 Å². The van der Waals surface area contributed by atoms with Crippen molar-refractivity contribution in [1.29, 1.82) is 0 Å². The van der Waals surface area contributed by atoms with Crippen molar-refractivity contribution >= 4 is 15.9 Å². The summed E-state index contributed by atoms with van der Waals surface area (Å²) in [7, 11) is 3.15. The lowest BCUT2D eigenvalue weighted by atomic mass is 10.0. The standard InChI is InChI=1S/C18H16BrNO4/c1-22-15-8-7-11(9-16(15)23-2)17-13(10-21)18(24-20-17)12-5-3-4-6-14(12)19/h3-9,21H,10H2,1-2H3. The molecule has 0 amide bonds. The predicted octanol–water partition coefficient (Wildman–Crippen LogP) is 4.28. The molecule has 2 aromatic carbocycles. The van der Waals surface area contributed by atoms with E-state index in [4.69, 9.17) is 14.0 Å². The molecule has 0 aliphatic heterocycles. The third-order valence-electron chi connectivity index (χ3n) is 3.72. The van der Waals surface area contributed by atoms with Gasteiger partial charge in [-0.2, -0.15) is 0 Å². The Bertz CT molecular complexity index is 860. The minimum Gasteiger partial charge on any atom is -0.493 e. The number of hydrogen-bond acceptors (Lipinski definition) is 5. The first-order chi connectivity index (χ1) is 11.7. The van der Waals surface area contributed by atoms with Gasteiger partial charge in [-0.15, -0.1) is 0 Å². The van der Waals surface area contributed by atoms with Gasteiger partial charge in [0.1, 0.15) is 5.69 Å². The maximum atomic E-state index is 9.86. The summed E-state index contributed by atoms with van der Waals surface area (Å²) < 4.78 is 17.0. The van der Waals surface area contributed by atoms with Crippen LogP contribution in [0.1, 0.15) is 5.56 Å². The Hall–Kier alpha value is -2.31. The summed E-state index contributed by atoms with van der Waals surface area (Å²) in [4.78, 5) is 0. The van der Waals surface area contributed by atoms with Gasteiger partial charge < -0.3 is 19.1 Å². The molecule has 24 heavy (non-hydrogen) atoms. The molecule has 0 saturated heterocycles. The number of hydrogen-bond donors (Lipinski definition) is 1. The Morgan fingerprint density at radius 3 is 2.50 bits per heavy atom. The van der Waals surface area contributed by atoms with Gasteiger partial charge in [0.05, 0.1) is 26.4 Å². The second kappa shape index (κ2) is 7.07. The summed E-state index contributed by atoms with van der Waals surface area (Å²) in [5.74, 6) is 1.75. The summed E-state index contributed by atoms with van der Waals surface area (Å²) in [6.45, 7) is -0.191. The number of benzene rings is 2. The van der Waals surface area contributed by atoms with Gasteiger partial charge >= 0.3 is 0 Å². The van der Waals surface area contributed by atoms with E-state index < -0.39 is 0 Å². The van der Waals surface area contributed by atoms with E-state index in [1.165, 1.54) is 0 Å². The molecule has 0 fully saturated rings. The molecule has 0 bridgehead atoms. The highest BCUT2D eigenvalue weighted by Crippen LogP contribution is 2.38. The summed E-state index contributed by atoms with van der Waals surface area (Å²) in [5, 5.41) is 14.0. The highest BCUT2D eigenvalue weighted by molar-refractivity contribution is 9.10. The van der Waals surface area contributed by atoms with Crippen LogP contribution in [0.5, 0.6) is 11.5 Å². The average molecular weight is 390 g/mol. The highest BCUT2D eigenvalue weighted by atomic mass is 79.9. The minimum absolute atomic E-state index is 0.191. The van der Waals surface area contributed by atoms with E-state index in [0.29, 0.717) is 28.5 Å². The van der Waals surface area contributed by atoms with Crippen molar-refractivity contribution in [2.45, 2.75) is 6.61 Å². The Balaban J connectivity index is 2.12. The van der Waals surface area contributed by atoms with Gasteiger partial charge in [-0.1, -0.05) is 33.2 Å². The van der Waals surface area contributed by atoms with E-state index >= 15 is 0 Å². The zero-order valence-corrected chi connectivity index (χ0v) is 14.8. The van der Waals surface area contributed by atoms with Crippen LogP contribution in [0.3, 0.4) is 0 Å². The fraction of sp³-hybridized carbons (Fsp3) is 0.167. The number of nitrogens with zero attached hydrogens (tertiary/aromatic N) is 1. The molecular weight excluding hydrogens is 374 g/mol. The maximum absolute atomic E-state index is 9.86. The minimum atomic E-state index is -0.191. The smallest absolute Gasteiger partial charge is 0.174 e. The normalized spacial score (nSPS) is 10.7. The van der Waals surface area contributed by atoms with Crippen LogP contribution < -0.4 is 9.47 Å². The van der Waals surface area contributed by atoms with E-state index in [1.54, 1.807) is 26.4 Å². The van der Waals surface area contributed by atoms with Crippen LogP contribution in [0.4, 0.5) is 0 Å². The quantitative estimate of drug-likeness (QED) is 0.705. The monoisotopic (exact) mass is 389 g/mol. The number of aromatic nitrogens is 1. The Morgan fingerprint density at radius 2 is 1.83 bits per heavy atom. The van der Waals surface area contributed by atoms with Crippen LogP contribution >= 0.6 is 15.9 Å². The van der Waals surface area contributed by atoms with Crippen molar-refractivity contribution < 1.29 is 19.1 Å². The average Bonchev–Trinajstić information content (AvgIpc) is 3.05. The van der Waals surface area contributed by atoms with Crippen molar-refractivity contribution in [1.82, 2.24) is 5.16 Å². The Labute approximate surface area is 147 Å². The van der Waals surface area contributed by atoms with Gasteiger partial charge in [0.15, 0.2) is 17.3 Å². The molecule has 0 unspecified atom stereocenters. The van der Waals surface area contributed by atoms with Crippen molar-refractivity contribution in [3.05, 3.63) is 52.5 Å². The summed E-state index contributed by atoms with van der Waals surface area (Å²) in [6, 6.07) is 13.1. The molecule has 3 aromatic rings. The molecule has 0 aliphatic carbocycles. The molecule has 0 radical (unpaired) electrons. The predicted molar refractivity (Wildman–Crippen MR) is 94.1 cm³/mol. The van der Waals surface area contributed by atoms with Crippen LogP contribution in [0.2, 0.25) is 0 Å². The molecule has 124 valence electrons. The lowest BCUT2D eigenvalue weighted by Gasteiger charge is -2.09. The number of rotatable bonds is 5. The Morgan fingerprint density at radius 1 is 1.08 bits per heavy atom. The van der Waals surface area contributed by atoms with Crippen LogP contribution in [-0.4, -0.2) is 24.5 Å². The molecule has 5 nitrogen and oxygen atoms in total. The molecule has 0 saturated carbocycles. The fourth-order valence-electron chi connectivity index (χ4n) is 2.52. The summed E-state index contributed by atoms with van der Waals surface area (Å²) in [6.07, 6.45) is 0. The first-order valence-electron chi connectivity index (χ1n) is 7.26. The number of halogens is 1. The summed E-state index contributed by atoms with van der Waals surface area (Å²) >= 11 is 3.50. The van der Waals surface area contributed by atoms with E-state index in [2.05, 4.69) is 21.1 Å². The molecule has 3 rings (SSSR count). The molecule has 1 aromatic heterocycles. The molecule has 0 aliphatic rings. The SMILES string of the molecule is COc1ccc(-c2noc(-c3ccccc3Br)c2CO)cc1OC. The van der Waals surface area contributed by atoms with Gasteiger partial charge in [-0.05, 0) is 30.3 Å². The number of aliphatic hydroxyl groups excluding tert-OH is 1. The molecular formula is C18H16BrNO4. The van der Waals surface area contributed by atoms with E-state index in [9.17, 15) is 5.11 Å². The van der Waals surface area contributed by atoms with E-state index in [0.717, 1.165) is 15.6 Å². The van der Waals surface area contributed by atoms with Crippen molar-refractivity contribution in [2.24, 2.45) is 0 Å². The van der Waals surface area contributed by atoms with E-state index in [1.807, 2.05) is 30.3 Å². The molecule has 1 N–H and O–H groups in total. The van der Waals surface area contributed by atoms with Crippen LogP contribution in [0.25, 0.3) is 22.6 Å². The third-order valence-corrected chi connectivity index (χ3v) is 4.41. The molecule has 0 atom stereocenters. The summed E-state index contributed by atoms with van der Waals surface area (Å²) in [5.41, 5.74) is 2.80. The first kappa shape index (κ1) is 16.5. The van der Waals surface area contributed by atoms with Gasteiger partial charge in [0.25, 0.3) is 0 Å².